The van der Waals surface area contributed by atoms with Gasteiger partial charge in [0.25, 0.3) is 5.56 Å². The van der Waals surface area contributed by atoms with Crippen LogP contribution in [0.2, 0.25) is 0 Å². The number of amides is 2. The minimum atomic E-state index is -1.04. The lowest BCUT2D eigenvalue weighted by atomic mass is 10.0. The van der Waals surface area contributed by atoms with Gasteiger partial charge in [-0.2, -0.15) is 0 Å². The van der Waals surface area contributed by atoms with E-state index in [1.165, 1.54) is 4.57 Å². The first-order valence-electron chi connectivity index (χ1n) is 11.6. The van der Waals surface area contributed by atoms with E-state index < -0.39 is 18.0 Å². The van der Waals surface area contributed by atoms with Crippen LogP contribution in [0.4, 0.5) is 10.5 Å². The number of carbonyl (C=O) groups excluding carboxylic acids is 1. The molecule has 8 nitrogen and oxygen atoms in total. The highest BCUT2D eigenvalue weighted by Gasteiger charge is 2.22. The number of aliphatic carboxylic acids is 1. The summed E-state index contributed by atoms with van der Waals surface area (Å²) >= 11 is 0. The summed E-state index contributed by atoms with van der Waals surface area (Å²) in [4.78, 5) is 42.6. The molecule has 184 valence electrons. The Morgan fingerprint density at radius 3 is 2.29 bits per heavy atom. The highest BCUT2D eigenvalue weighted by atomic mass is 16.4. The van der Waals surface area contributed by atoms with E-state index >= 15 is 0 Å². The highest BCUT2D eigenvalue weighted by Crippen LogP contribution is 2.19. The molecule has 2 aromatic carbocycles. The number of benzene rings is 2. The molecule has 0 fully saturated rings. The van der Waals surface area contributed by atoms with Gasteiger partial charge in [-0.25, -0.2) is 9.78 Å². The number of urea groups is 1. The topological polar surface area (TPSA) is 113 Å². The molecule has 8 heteroatoms. The Labute approximate surface area is 205 Å². The van der Waals surface area contributed by atoms with Crippen molar-refractivity contribution in [3.8, 4) is 0 Å². The van der Waals surface area contributed by atoms with Crippen LogP contribution in [0, 0.1) is 19.8 Å². The maximum atomic E-state index is 13.5. The Kier molecular flexibility index (Phi) is 8.41. The molecule has 1 aromatic heterocycles. The average Bonchev–Trinajstić information content (AvgIpc) is 2.79. The van der Waals surface area contributed by atoms with E-state index in [1.807, 2.05) is 63.2 Å². The van der Waals surface area contributed by atoms with Crippen molar-refractivity contribution in [2.75, 3.05) is 5.32 Å². The van der Waals surface area contributed by atoms with Gasteiger partial charge in [0.2, 0.25) is 0 Å². The molecule has 1 heterocycles. The van der Waals surface area contributed by atoms with E-state index in [4.69, 9.17) is 0 Å². The molecule has 0 saturated heterocycles. The fraction of sp³-hybridized carbons (Fsp3) is 0.333. The normalized spacial score (nSPS) is 11.8. The van der Waals surface area contributed by atoms with Gasteiger partial charge in [-0.1, -0.05) is 74.0 Å². The fourth-order valence-corrected chi connectivity index (χ4v) is 3.86. The van der Waals surface area contributed by atoms with Gasteiger partial charge in [0.1, 0.15) is 11.5 Å². The number of nitrogens with one attached hydrogen (secondary N) is 2. The summed E-state index contributed by atoms with van der Waals surface area (Å²) in [6.07, 6.45) is 0.216. The number of rotatable bonds is 9. The maximum absolute atomic E-state index is 13.5. The van der Waals surface area contributed by atoms with Gasteiger partial charge in [0.15, 0.2) is 0 Å². The second-order valence-electron chi connectivity index (χ2n) is 9.12. The van der Waals surface area contributed by atoms with Crippen LogP contribution in [-0.2, 0) is 17.8 Å². The molecule has 3 aromatic rings. The summed E-state index contributed by atoms with van der Waals surface area (Å²) in [6.45, 7) is 8.05. The second kappa shape index (κ2) is 11.5. The van der Waals surface area contributed by atoms with Gasteiger partial charge in [-0.05, 0) is 37.3 Å². The Balaban J connectivity index is 1.92. The Morgan fingerprint density at radius 2 is 1.69 bits per heavy atom. The summed E-state index contributed by atoms with van der Waals surface area (Å²) in [5, 5.41) is 14.8. The van der Waals surface area contributed by atoms with Crippen molar-refractivity contribution < 1.29 is 14.7 Å². The van der Waals surface area contributed by atoms with E-state index in [2.05, 4.69) is 15.6 Å². The number of hydrogen-bond donors (Lipinski definition) is 3. The summed E-state index contributed by atoms with van der Waals surface area (Å²) in [5.74, 6) is -0.273. The largest absolute Gasteiger partial charge is 0.481 e. The number of carboxylic acid groups (broad SMARTS) is 1. The lowest BCUT2D eigenvalue weighted by molar-refractivity contribution is -0.137. The number of aromatic nitrogens is 2. The van der Waals surface area contributed by atoms with Gasteiger partial charge in [0, 0.05) is 0 Å². The number of aryl methyl sites for hydroxylation is 2. The lowest BCUT2D eigenvalue weighted by Gasteiger charge is -2.20. The zero-order chi connectivity index (χ0) is 25.5. The van der Waals surface area contributed by atoms with Crippen molar-refractivity contribution in [2.24, 2.45) is 5.92 Å². The van der Waals surface area contributed by atoms with Gasteiger partial charge in [0.05, 0.1) is 24.7 Å². The molecule has 0 aliphatic carbocycles. The fourth-order valence-electron chi connectivity index (χ4n) is 3.86. The average molecular weight is 477 g/mol. The Bertz CT molecular complexity index is 1230. The van der Waals surface area contributed by atoms with Gasteiger partial charge in [-0.15, -0.1) is 0 Å². The van der Waals surface area contributed by atoms with Crippen LogP contribution in [0.5, 0.6) is 0 Å². The van der Waals surface area contributed by atoms with Crippen molar-refractivity contribution in [3.05, 3.63) is 93.2 Å². The molecule has 3 rings (SSSR count). The van der Waals surface area contributed by atoms with E-state index in [1.54, 1.807) is 19.1 Å². The third-order valence-electron chi connectivity index (χ3n) is 5.62. The lowest BCUT2D eigenvalue weighted by Crippen LogP contribution is -2.37. The number of anilines is 1. The highest BCUT2D eigenvalue weighted by molar-refractivity contribution is 5.90. The SMILES string of the molecule is Cc1ccc([C@@H](CC(=O)O)NC(=O)Nc2c(CC(C)C)nc(C)n(Cc3ccccc3)c2=O)cc1. The Morgan fingerprint density at radius 1 is 1.03 bits per heavy atom. The third-order valence-corrected chi connectivity index (χ3v) is 5.62. The summed E-state index contributed by atoms with van der Waals surface area (Å²) in [6, 6.07) is 15.4. The summed E-state index contributed by atoms with van der Waals surface area (Å²) in [7, 11) is 0. The smallest absolute Gasteiger partial charge is 0.319 e. The van der Waals surface area contributed by atoms with E-state index in [0.717, 1.165) is 11.1 Å². The third kappa shape index (κ3) is 7.02. The van der Waals surface area contributed by atoms with Crippen molar-refractivity contribution in [1.29, 1.82) is 0 Å². The van der Waals surface area contributed by atoms with E-state index in [9.17, 15) is 19.5 Å². The van der Waals surface area contributed by atoms with Crippen molar-refractivity contribution in [2.45, 2.75) is 53.1 Å². The van der Waals surface area contributed by atoms with Crippen LogP contribution in [0.3, 0.4) is 0 Å². The van der Waals surface area contributed by atoms with Gasteiger partial charge < -0.3 is 15.7 Å². The van der Waals surface area contributed by atoms with E-state index in [0.29, 0.717) is 30.0 Å². The number of hydrogen-bond acceptors (Lipinski definition) is 4. The molecule has 0 bridgehead atoms. The van der Waals surface area contributed by atoms with Crippen LogP contribution >= 0.6 is 0 Å². The zero-order valence-electron chi connectivity index (χ0n) is 20.5. The molecule has 2 amide bonds. The molecule has 0 spiro atoms. The van der Waals surface area contributed by atoms with Gasteiger partial charge in [-0.3, -0.25) is 14.2 Å². The van der Waals surface area contributed by atoms with E-state index in [-0.39, 0.29) is 23.6 Å². The monoisotopic (exact) mass is 476 g/mol. The summed E-state index contributed by atoms with van der Waals surface area (Å²) in [5.41, 5.74) is 2.89. The molecule has 3 N–H and O–H groups in total. The molecular formula is C27H32N4O4. The first-order valence-corrected chi connectivity index (χ1v) is 11.6. The molecule has 0 saturated carbocycles. The van der Waals surface area contributed by atoms with Crippen LogP contribution in [0.25, 0.3) is 0 Å². The molecule has 0 unspecified atom stereocenters. The molecular weight excluding hydrogens is 444 g/mol. The zero-order valence-corrected chi connectivity index (χ0v) is 20.5. The minimum absolute atomic E-state index is 0.107. The maximum Gasteiger partial charge on any atom is 0.319 e. The molecule has 0 aliphatic rings. The molecule has 1 atom stereocenters. The van der Waals surface area contributed by atoms with Crippen LogP contribution < -0.4 is 16.2 Å². The second-order valence-corrected chi connectivity index (χ2v) is 9.12. The van der Waals surface area contributed by atoms with Crippen LogP contribution in [0.15, 0.2) is 59.4 Å². The Hall–Kier alpha value is -3.94. The minimum Gasteiger partial charge on any atom is -0.481 e. The standard InChI is InChI=1S/C27H32N4O4/c1-17(2)14-23-25(26(34)31(19(4)28-23)16-20-8-6-5-7-9-20)30-27(35)29-22(15-24(32)33)21-12-10-18(3)11-13-21/h5-13,17,22H,14-16H2,1-4H3,(H,32,33)(H2,29,30,35)/t22-/m1/s1. The molecule has 0 aliphatic heterocycles. The summed E-state index contributed by atoms with van der Waals surface area (Å²) < 4.78 is 1.53. The predicted octanol–water partition coefficient (Wildman–Crippen LogP) is 4.44. The predicted molar refractivity (Wildman–Crippen MR) is 136 cm³/mol. The first kappa shape index (κ1) is 25.7. The van der Waals surface area contributed by atoms with Crippen molar-refractivity contribution in [3.63, 3.8) is 0 Å². The van der Waals surface area contributed by atoms with Crippen LogP contribution in [-0.4, -0.2) is 26.7 Å². The van der Waals surface area contributed by atoms with Gasteiger partial charge >= 0.3 is 12.0 Å². The molecule has 35 heavy (non-hydrogen) atoms. The number of nitrogens with zero attached hydrogens (tertiary/aromatic N) is 2. The first-order chi connectivity index (χ1) is 16.6. The van der Waals surface area contributed by atoms with Crippen molar-refractivity contribution >= 4 is 17.7 Å². The van der Waals surface area contributed by atoms with Crippen molar-refractivity contribution in [1.82, 2.24) is 14.9 Å². The molecule has 0 radical (unpaired) electrons. The quantitative estimate of drug-likeness (QED) is 0.422. The number of carbonyl (C=O) groups is 2. The van der Waals surface area contributed by atoms with Crippen LogP contribution in [0.1, 0.15) is 54.5 Å². The number of carboxylic acids is 1.